The van der Waals surface area contributed by atoms with Gasteiger partial charge in [-0.25, -0.2) is 0 Å². The highest BCUT2D eigenvalue weighted by Crippen LogP contribution is 2.41. The highest BCUT2D eigenvalue weighted by molar-refractivity contribution is 5.82. The quantitative estimate of drug-likeness (QED) is 0.922. The monoisotopic (exact) mass is 272 g/mol. The molecule has 0 aliphatic carbocycles. The number of carboxylic acid groups (broad SMARTS) is 1. The van der Waals surface area contributed by atoms with Crippen LogP contribution >= 0.6 is 0 Å². The molecule has 1 N–H and O–H groups in total. The third-order valence-corrected chi connectivity index (χ3v) is 2.97. The van der Waals surface area contributed by atoms with Crippen molar-refractivity contribution in [1.82, 2.24) is 0 Å². The first-order chi connectivity index (χ1) is 8.80. The van der Waals surface area contributed by atoms with Crippen LogP contribution in [-0.4, -0.2) is 17.3 Å². The van der Waals surface area contributed by atoms with Crippen LogP contribution in [0.15, 0.2) is 28.7 Å². The van der Waals surface area contributed by atoms with Gasteiger partial charge in [-0.2, -0.15) is 13.2 Å². The molecule has 0 radical (unpaired) electrons. The summed E-state index contributed by atoms with van der Waals surface area (Å²) < 4.78 is 44.1. The Morgan fingerprint density at radius 2 is 2.00 bits per heavy atom. The van der Waals surface area contributed by atoms with E-state index in [-0.39, 0.29) is 5.76 Å². The van der Waals surface area contributed by atoms with E-state index in [0.29, 0.717) is 16.5 Å². The number of hydrogen-bond donors (Lipinski definition) is 1. The number of carboxylic acids is 1. The summed E-state index contributed by atoms with van der Waals surface area (Å²) in [5.41, 5.74) is 0.661. The number of benzene rings is 1. The Hall–Kier alpha value is -1.98. The van der Waals surface area contributed by atoms with E-state index in [2.05, 4.69) is 0 Å². The molecule has 0 saturated heterocycles. The molecule has 1 aromatic heterocycles. The lowest BCUT2D eigenvalue weighted by Crippen LogP contribution is -2.23. The molecule has 6 heteroatoms. The zero-order chi connectivity index (χ0) is 14.2. The van der Waals surface area contributed by atoms with Crippen LogP contribution in [-0.2, 0) is 4.79 Å². The predicted octanol–water partition coefficient (Wildman–Crippen LogP) is 3.86. The molecule has 0 amide bonds. The molecule has 0 saturated carbocycles. The van der Waals surface area contributed by atoms with E-state index >= 15 is 0 Å². The van der Waals surface area contributed by atoms with Gasteiger partial charge in [0.2, 0.25) is 0 Å². The number of alkyl halides is 3. The highest BCUT2D eigenvalue weighted by atomic mass is 19.4. The number of furan rings is 1. The average Bonchev–Trinajstić information content (AvgIpc) is 2.63. The lowest BCUT2D eigenvalue weighted by molar-refractivity contribution is -0.166. The van der Waals surface area contributed by atoms with Crippen molar-refractivity contribution in [1.29, 1.82) is 0 Å². The molecule has 102 valence electrons. The van der Waals surface area contributed by atoms with Gasteiger partial charge in [-0.3, -0.25) is 4.79 Å². The lowest BCUT2D eigenvalue weighted by Gasteiger charge is -2.17. The molecule has 1 aromatic carbocycles. The second-order valence-electron chi connectivity index (χ2n) is 4.28. The second-order valence-corrected chi connectivity index (χ2v) is 4.28. The number of rotatable bonds is 3. The summed E-state index contributed by atoms with van der Waals surface area (Å²) >= 11 is 0. The van der Waals surface area contributed by atoms with E-state index in [9.17, 15) is 18.0 Å². The Morgan fingerprint density at radius 3 is 2.53 bits per heavy atom. The fourth-order valence-electron chi connectivity index (χ4n) is 2.06. The van der Waals surface area contributed by atoms with Crippen LogP contribution in [0.1, 0.15) is 23.7 Å². The van der Waals surface area contributed by atoms with Gasteiger partial charge in [-0.1, -0.05) is 18.2 Å². The minimum Gasteiger partial charge on any atom is -0.481 e. The maximum Gasteiger partial charge on any atom is 0.399 e. The summed E-state index contributed by atoms with van der Waals surface area (Å²) in [7, 11) is 0. The van der Waals surface area contributed by atoms with E-state index in [4.69, 9.17) is 9.52 Å². The first kappa shape index (κ1) is 13.5. The lowest BCUT2D eigenvalue weighted by atomic mass is 9.98. The van der Waals surface area contributed by atoms with Gasteiger partial charge in [0.15, 0.2) is 0 Å². The van der Waals surface area contributed by atoms with E-state index in [0.717, 1.165) is 0 Å². The standard InChI is InChI=1S/C13H11F3O3/c1-7-8-4-2-3-5-10(8)19-12(7)9(6-11(17)18)13(14,15)16/h2-5,9H,6H2,1H3,(H,17,18). The number of para-hydroxylation sites is 1. The van der Waals surface area contributed by atoms with Crippen molar-refractivity contribution in [2.45, 2.75) is 25.4 Å². The molecule has 1 heterocycles. The molecule has 0 aliphatic rings. The molecule has 1 unspecified atom stereocenters. The molecule has 0 aliphatic heterocycles. The highest BCUT2D eigenvalue weighted by Gasteiger charge is 2.45. The zero-order valence-electron chi connectivity index (χ0n) is 9.99. The number of hydrogen-bond acceptors (Lipinski definition) is 2. The Kier molecular flexibility index (Phi) is 3.26. The normalized spacial score (nSPS) is 13.7. The van der Waals surface area contributed by atoms with Crippen LogP contribution in [0.2, 0.25) is 0 Å². The minimum absolute atomic E-state index is 0.323. The summed E-state index contributed by atoms with van der Waals surface area (Å²) in [6.45, 7) is 1.50. The molecule has 19 heavy (non-hydrogen) atoms. The van der Waals surface area contributed by atoms with Crippen molar-refractivity contribution >= 4 is 16.9 Å². The first-order valence-electron chi connectivity index (χ1n) is 5.57. The van der Waals surface area contributed by atoms with Crippen LogP contribution in [0.25, 0.3) is 11.0 Å². The van der Waals surface area contributed by atoms with Gasteiger partial charge in [0.1, 0.15) is 17.3 Å². The SMILES string of the molecule is Cc1c(C(CC(=O)O)C(F)(F)F)oc2ccccc12. The second kappa shape index (κ2) is 4.60. The summed E-state index contributed by atoms with van der Waals surface area (Å²) in [6.07, 6.45) is -5.69. The van der Waals surface area contributed by atoms with Gasteiger partial charge >= 0.3 is 12.1 Å². The third-order valence-electron chi connectivity index (χ3n) is 2.97. The largest absolute Gasteiger partial charge is 0.481 e. The Bertz CT molecular complexity index is 613. The minimum atomic E-state index is -4.66. The van der Waals surface area contributed by atoms with Crippen molar-refractivity contribution in [2.24, 2.45) is 0 Å². The maximum absolute atomic E-state index is 13.0. The molecular formula is C13H11F3O3. The number of fused-ring (bicyclic) bond motifs is 1. The van der Waals surface area contributed by atoms with Gasteiger partial charge in [0.25, 0.3) is 0 Å². The average molecular weight is 272 g/mol. The Labute approximate surface area is 106 Å². The fourth-order valence-corrected chi connectivity index (χ4v) is 2.06. The molecule has 0 fully saturated rings. The number of halogens is 3. The molecular weight excluding hydrogens is 261 g/mol. The number of aliphatic carboxylic acids is 1. The topological polar surface area (TPSA) is 50.4 Å². The Morgan fingerprint density at radius 1 is 1.37 bits per heavy atom. The third kappa shape index (κ3) is 2.57. The summed E-state index contributed by atoms with van der Waals surface area (Å²) in [4.78, 5) is 10.6. The van der Waals surface area contributed by atoms with Crippen molar-refractivity contribution in [3.63, 3.8) is 0 Å². The fraction of sp³-hybridized carbons (Fsp3) is 0.308. The van der Waals surface area contributed by atoms with E-state index < -0.39 is 24.5 Å². The first-order valence-corrected chi connectivity index (χ1v) is 5.57. The van der Waals surface area contributed by atoms with Crippen molar-refractivity contribution in [3.8, 4) is 0 Å². The smallest absolute Gasteiger partial charge is 0.399 e. The molecule has 2 aromatic rings. The van der Waals surface area contributed by atoms with Crippen LogP contribution in [0, 0.1) is 6.92 Å². The molecule has 0 spiro atoms. The summed E-state index contributed by atoms with van der Waals surface area (Å²) in [5.74, 6) is -3.96. The van der Waals surface area contributed by atoms with Gasteiger partial charge in [-0.05, 0) is 18.6 Å². The maximum atomic E-state index is 13.0. The summed E-state index contributed by atoms with van der Waals surface area (Å²) in [6, 6.07) is 6.54. The molecule has 1 atom stereocenters. The Balaban J connectivity index is 2.56. The van der Waals surface area contributed by atoms with E-state index in [1.807, 2.05) is 0 Å². The van der Waals surface area contributed by atoms with Gasteiger partial charge in [0.05, 0.1) is 6.42 Å². The molecule has 3 nitrogen and oxygen atoms in total. The van der Waals surface area contributed by atoms with E-state index in [1.54, 1.807) is 24.3 Å². The van der Waals surface area contributed by atoms with Crippen molar-refractivity contribution in [2.75, 3.05) is 0 Å². The van der Waals surface area contributed by atoms with Crippen LogP contribution < -0.4 is 0 Å². The number of carbonyl (C=O) groups is 1. The van der Waals surface area contributed by atoms with Crippen molar-refractivity contribution < 1.29 is 27.5 Å². The van der Waals surface area contributed by atoms with Crippen molar-refractivity contribution in [3.05, 3.63) is 35.6 Å². The van der Waals surface area contributed by atoms with Crippen LogP contribution in [0.5, 0.6) is 0 Å². The van der Waals surface area contributed by atoms with Gasteiger partial charge in [0, 0.05) is 5.39 Å². The molecule has 2 rings (SSSR count). The van der Waals surface area contributed by atoms with Gasteiger partial charge in [-0.15, -0.1) is 0 Å². The number of aryl methyl sites for hydroxylation is 1. The summed E-state index contributed by atoms with van der Waals surface area (Å²) in [5, 5.41) is 9.20. The van der Waals surface area contributed by atoms with E-state index in [1.165, 1.54) is 6.92 Å². The van der Waals surface area contributed by atoms with Crippen LogP contribution in [0.3, 0.4) is 0 Å². The molecule has 0 bridgehead atoms. The predicted molar refractivity (Wildman–Crippen MR) is 62.0 cm³/mol. The van der Waals surface area contributed by atoms with Gasteiger partial charge < -0.3 is 9.52 Å². The zero-order valence-corrected chi connectivity index (χ0v) is 9.99. The van der Waals surface area contributed by atoms with Crippen LogP contribution in [0.4, 0.5) is 13.2 Å².